The maximum Gasteiger partial charge on any atom is 0.255 e. The second-order valence-corrected chi connectivity index (χ2v) is 5.81. The molecule has 0 radical (unpaired) electrons. The minimum atomic E-state index is -0.763. The number of carbonyl (C=O) groups excluding carboxylic acids is 1. The highest BCUT2D eigenvalue weighted by atomic mass is 16.4. The van der Waals surface area contributed by atoms with E-state index in [1.165, 1.54) is 6.26 Å². The number of nitrogens with zero attached hydrogens (tertiary/aromatic N) is 1. The van der Waals surface area contributed by atoms with Crippen LogP contribution in [0.15, 0.2) is 21.9 Å². The Morgan fingerprint density at radius 2 is 2.24 bits per heavy atom. The van der Waals surface area contributed by atoms with E-state index in [1.54, 1.807) is 6.07 Å². The number of amidine groups is 1. The van der Waals surface area contributed by atoms with E-state index in [2.05, 4.69) is 17.4 Å². The molecule has 1 saturated carbocycles. The van der Waals surface area contributed by atoms with E-state index in [1.807, 2.05) is 6.92 Å². The molecule has 116 valence electrons. The number of hydrogen-bond acceptors (Lipinski definition) is 4. The van der Waals surface area contributed by atoms with Gasteiger partial charge >= 0.3 is 0 Å². The molecule has 1 aromatic heterocycles. The van der Waals surface area contributed by atoms with Crippen LogP contribution in [0, 0.1) is 5.92 Å². The van der Waals surface area contributed by atoms with Crippen molar-refractivity contribution in [3.8, 4) is 0 Å². The van der Waals surface area contributed by atoms with Gasteiger partial charge < -0.3 is 20.7 Å². The number of amides is 1. The lowest BCUT2D eigenvalue weighted by Gasteiger charge is -2.38. The number of nitrogens with two attached hydrogens (primary N) is 1. The van der Waals surface area contributed by atoms with Gasteiger partial charge in [0, 0.05) is 6.42 Å². The molecule has 1 aromatic rings. The number of nitrogens with one attached hydrogen (secondary N) is 1. The quantitative estimate of drug-likeness (QED) is 0.343. The first-order chi connectivity index (χ1) is 10.0. The van der Waals surface area contributed by atoms with Crippen LogP contribution in [-0.4, -0.2) is 22.5 Å². The molecule has 0 spiro atoms. The van der Waals surface area contributed by atoms with E-state index >= 15 is 0 Å². The van der Waals surface area contributed by atoms with E-state index in [-0.39, 0.29) is 11.7 Å². The van der Waals surface area contributed by atoms with E-state index < -0.39 is 5.54 Å². The van der Waals surface area contributed by atoms with Gasteiger partial charge in [-0.1, -0.05) is 19.0 Å². The Morgan fingerprint density at radius 1 is 1.57 bits per heavy atom. The molecular formula is C15H23N3O3. The van der Waals surface area contributed by atoms with Crippen LogP contribution < -0.4 is 11.1 Å². The Morgan fingerprint density at radius 3 is 2.81 bits per heavy atom. The Kier molecular flexibility index (Phi) is 4.55. The number of hydrogen-bond donors (Lipinski definition) is 3. The van der Waals surface area contributed by atoms with Gasteiger partial charge in [-0.15, -0.1) is 0 Å². The monoisotopic (exact) mass is 293 g/mol. The summed E-state index contributed by atoms with van der Waals surface area (Å²) in [6.45, 7) is 4.10. The Balaban J connectivity index is 2.22. The molecular weight excluding hydrogens is 270 g/mol. The normalized spacial score (nSPS) is 26.6. The molecule has 21 heavy (non-hydrogen) atoms. The zero-order valence-electron chi connectivity index (χ0n) is 12.6. The highest BCUT2D eigenvalue weighted by molar-refractivity contribution is 6.00. The van der Waals surface area contributed by atoms with Crippen molar-refractivity contribution in [2.45, 2.75) is 51.5 Å². The summed E-state index contributed by atoms with van der Waals surface area (Å²) in [7, 11) is 0. The second kappa shape index (κ2) is 6.20. The van der Waals surface area contributed by atoms with Crippen LogP contribution in [0.25, 0.3) is 0 Å². The number of rotatable bonds is 4. The third-order valence-electron chi connectivity index (χ3n) is 4.39. The van der Waals surface area contributed by atoms with Crippen LogP contribution in [0.3, 0.4) is 0 Å². The fraction of sp³-hybridized carbons (Fsp3) is 0.600. The van der Waals surface area contributed by atoms with Crippen LogP contribution in [0.1, 0.15) is 55.6 Å². The first kappa shape index (κ1) is 15.4. The topological polar surface area (TPSA) is 101 Å². The van der Waals surface area contributed by atoms with Gasteiger partial charge in [0.25, 0.3) is 5.91 Å². The maximum absolute atomic E-state index is 12.5. The highest BCUT2D eigenvalue weighted by Gasteiger charge is 2.40. The van der Waals surface area contributed by atoms with Gasteiger partial charge in [-0.25, -0.2) is 0 Å². The third-order valence-corrected chi connectivity index (χ3v) is 4.39. The molecule has 0 atom stereocenters. The molecule has 0 unspecified atom stereocenters. The minimum Gasteiger partial charge on any atom is -0.469 e. The minimum absolute atomic E-state index is 0.0734. The van der Waals surface area contributed by atoms with Crippen LogP contribution in [0.2, 0.25) is 0 Å². The van der Waals surface area contributed by atoms with Gasteiger partial charge in [0.15, 0.2) is 5.84 Å². The van der Waals surface area contributed by atoms with Gasteiger partial charge in [0.05, 0.1) is 11.8 Å². The van der Waals surface area contributed by atoms with Crippen LogP contribution in [0.5, 0.6) is 0 Å². The van der Waals surface area contributed by atoms with Gasteiger partial charge in [-0.3, -0.25) is 4.79 Å². The van der Waals surface area contributed by atoms with E-state index in [0.717, 1.165) is 12.8 Å². The fourth-order valence-corrected chi connectivity index (χ4v) is 2.90. The van der Waals surface area contributed by atoms with Crippen molar-refractivity contribution < 1.29 is 14.4 Å². The zero-order chi connectivity index (χ0) is 15.5. The van der Waals surface area contributed by atoms with Crippen LogP contribution >= 0.6 is 0 Å². The van der Waals surface area contributed by atoms with Crippen molar-refractivity contribution in [1.29, 1.82) is 0 Å². The van der Waals surface area contributed by atoms with Crippen LogP contribution in [0.4, 0.5) is 0 Å². The smallest absolute Gasteiger partial charge is 0.255 e. The molecule has 1 aliphatic carbocycles. The summed E-state index contributed by atoms with van der Waals surface area (Å²) < 4.78 is 5.29. The zero-order valence-corrected chi connectivity index (χ0v) is 12.6. The maximum atomic E-state index is 12.5. The Bertz CT molecular complexity index is 528. The molecule has 1 aliphatic rings. The summed E-state index contributed by atoms with van der Waals surface area (Å²) in [5.41, 5.74) is 5.61. The van der Waals surface area contributed by atoms with Crippen molar-refractivity contribution >= 4 is 11.7 Å². The van der Waals surface area contributed by atoms with E-state index in [0.29, 0.717) is 36.5 Å². The number of carbonyl (C=O) groups is 1. The molecule has 0 aliphatic heterocycles. The number of furan rings is 1. The average Bonchev–Trinajstić information content (AvgIpc) is 2.97. The van der Waals surface area contributed by atoms with E-state index in [9.17, 15) is 4.79 Å². The summed E-state index contributed by atoms with van der Waals surface area (Å²) in [6, 6.07) is 1.65. The molecule has 6 heteroatoms. The summed E-state index contributed by atoms with van der Waals surface area (Å²) >= 11 is 0. The number of aryl methyl sites for hydroxylation is 1. The van der Waals surface area contributed by atoms with Crippen molar-refractivity contribution in [2.75, 3.05) is 0 Å². The second-order valence-electron chi connectivity index (χ2n) is 5.81. The molecule has 0 bridgehead atoms. The first-order valence-electron chi connectivity index (χ1n) is 7.39. The Labute approximate surface area is 124 Å². The lowest BCUT2D eigenvalue weighted by Crippen LogP contribution is -2.59. The average molecular weight is 293 g/mol. The molecule has 4 N–H and O–H groups in total. The summed E-state index contributed by atoms with van der Waals surface area (Å²) in [6.07, 6.45) is 5.37. The molecule has 1 heterocycles. The van der Waals surface area contributed by atoms with Gasteiger partial charge in [-0.2, -0.15) is 0 Å². The lowest BCUT2D eigenvalue weighted by molar-refractivity contribution is 0.0895. The first-order valence-corrected chi connectivity index (χ1v) is 7.39. The SMILES string of the molecule is CCc1occc1C(=O)NC1(/C(N)=N/O)CCC(C)CC1. The molecule has 1 amide bonds. The molecule has 6 nitrogen and oxygen atoms in total. The molecule has 1 fully saturated rings. The molecule has 0 saturated heterocycles. The van der Waals surface area contributed by atoms with Crippen molar-refractivity contribution in [3.63, 3.8) is 0 Å². The molecule has 0 aromatic carbocycles. The van der Waals surface area contributed by atoms with Gasteiger partial charge in [0.2, 0.25) is 0 Å². The largest absolute Gasteiger partial charge is 0.469 e. The lowest BCUT2D eigenvalue weighted by atomic mass is 9.76. The van der Waals surface area contributed by atoms with Gasteiger partial charge in [-0.05, 0) is 37.7 Å². The predicted octanol–water partition coefficient (Wildman–Crippen LogP) is 2.27. The van der Waals surface area contributed by atoms with E-state index in [4.69, 9.17) is 15.4 Å². The summed E-state index contributed by atoms with van der Waals surface area (Å²) in [4.78, 5) is 12.5. The molecule has 2 rings (SSSR count). The highest BCUT2D eigenvalue weighted by Crippen LogP contribution is 2.32. The predicted molar refractivity (Wildman–Crippen MR) is 79.3 cm³/mol. The summed E-state index contributed by atoms with van der Waals surface area (Å²) in [5.74, 6) is 1.07. The number of oxime groups is 1. The Hall–Kier alpha value is -1.98. The standard InChI is InChI=1S/C15H23N3O3/c1-3-12-11(6-9-21-12)13(19)17-15(14(16)18-20)7-4-10(2)5-8-15/h6,9-10,20H,3-5,7-8H2,1-2H3,(H2,16,18)(H,17,19). The van der Waals surface area contributed by atoms with Crippen LogP contribution in [-0.2, 0) is 6.42 Å². The third kappa shape index (κ3) is 3.04. The van der Waals surface area contributed by atoms with Crippen molar-refractivity contribution in [1.82, 2.24) is 5.32 Å². The fourth-order valence-electron chi connectivity index (χ4n) is 2.90. The van der Waals surface area contributed by atoms with Crippen molar-refractivity contribution in [2.24, 2.45) is 16.8 Å². The van der Waals surface area contributed by atoms with Crippen molar-refractivity contribution in [3.05, 3.63) is 23.7 Å². The van der Waals surface area contributed by atoms with Gasteiger partial charge in [0.1, 0.15) is 11.3 Å². The summed E-state index contributed by atoms with van der Waals surface area (Å²) in [5, 5.41) is 15.2.